The average molecular weight is 304 g/mol. The van der Waals surface area contributed by atoms with Gasteiger partial charge in [-0.25, -0.2) is 9.37 Å². The molecule has 1 aromatic carbocycles. The van der Waals surface area contributed by atoms with Crippen LogP contribution < -0.4 is 0 Å². The van der Waals surface area contributed by atoms with Crippen LogP contribution in [0.1, 0.15) is 21.6 Å². The topological polar surface area (TPSA) is 53.4 Å². The Hall–Kier alpha value is -2.23. The summed E-state index contributed by atoms with van der Waals surface area (Å²) in [5.74, 6) is 3.98. The third-order valence-corrected chi connectivity index (χ3v) is 3.38. The fourth-order valence-corrected chi connectivity index (χ4v) is 2.29. The number of hydrogen-bond acceptors (Lipinski definition) is 4. The molecule has 108 valence electrons. The molecule has 4 nitrogen and oxygen atoms in total. The molecule has 0 aliphatic heterocycles. The van der Waals surface area contributed by atoms with E-state index in [1.807, 2.05) is 5.38 Å². The van der Waals surface area contributed by atoms with Crippen LogP contribution in [0, 0.1) is 17.7 Å². The molecule has 0 unspecified atom stereocenters. The highest BCUT2D eigenvalue weighted by Crippen LogP contribution is 2.14. The summed E-state index contributed by atoms with van der Waals surface area (Å²) in [6, 6.07) is 4.14. The van der Waals surface area contributed by atoms with Crippen LogP contribution in [0.25, 0.3) is 0 Å². The maximum absolute atomic E-state index is 14.0. The van der Waals surface area contributed by atoms with Crippen molar-refractivity contribution in [3.8, 4) is 11.8 Å². The lowest BCUT2D eigenvalue weighted by atomic mass is 10.1. The number of carbonyl (C=O) groups excluding carboxylic acids is 1. The van der Waals surface area contributed by atoms with Crippen LogP contribution in [-0.4, -0.2) is 34.6 Å². The summed E-state index contributed by atoms with van der Waals surface area (Å²) in [5, 5.41) is 10.4. The Bertz CT molecular complexity index is 689. The first-order valence-electron chi connectivity index (χ1n) is 6.13. The van der Waals surface area contributed by atoms with Crippen LogP contribution in [0.15, 0.2) is 29.1 Å². The van der Waals surface area contributed by atoms with Crippen LogP contribution in [0.4, 0.5) is 4.39 Å². The summed E-state index contributed by atoms with van der Waals surface area (Å²) in [6.45, 7) is 0.0342. The van der Waals surface area contributed by atoms with Gasteiger partial charge < -0.3 is 10.0 Å². The van der Waals surface area contributed by atoms with Gasteiger partial charge in [0.15, 0.2) is 0 Å². The minimum atomic E-state index is -0.630. The van der Waals surface area contributed by atoms with E-state index in [0.29, 0.717) is 12.1 Å². The Balaban J connectivity index is 2.15. The molecule has 21 heavy (non-hydrogen) atoms. The Labute approximate surface area is 125 Å². The molecule has 1 aromatic heterocycles. The number of aliphatic hydroxyl groups is 1. The SMILES string of the molecule is CN(Cc1cscn1)C(=O)c1ccc(C#CCO)cc1F. The van der Waals surface area contributed by atoms with Gasteiger partial charge in [0.25, 0.3) is 5.91 Å². The molecular weight excluding hydrogens is 291 g/mol. The van der Waals surface area contributed by atoms with Crippen molar-refractivity contribution in [1.29, 1.82) is 0 Å². The van der Waals surface area contributed by atoms with Gasteiger partial charge in [-0.15, -0.1) is 11.3 Å². The summed E-state index contributed by atoms with van der Waals surface area (Å²) in [6.07, 6.45) is 0. The molecule has 0 bridgehead atoms. The van der Waals surface area contributed by atoms with Crippen LogP contribution in [0.3, 0.4) is 0 Å². The van der Waals surface area contributed by atoms with E-state index in [1.54, 1.807) is 18.6 Å². The Kier molecular flexibility index (Phi) is 5.04. The Morgan fingerprint density at radius 2 is 2.33 bits per heavy atom. The van der Waals surface area contributed by atoms with Gasteiger partial charge in [0, 0.05) is 18.0 Å². The summed E-state index contributed by atoms with van der Waals surface area (Å²) in [7, 11) is 1.60. The maximum Gasteiger partial charge on any atom is 0.256 e. The summed E-state index contributed by atoms with van der Waals surface area (Å²) >= 11 is 1.44. The molecule has 2 aromatic rings. The second kappa shape index (κ2) is 6.97. The van der Waals surface area contributed by atoms with Gasteiger partial charge in [-0.1, -0.05) is 11.8 Å². The van der Waals surface area contributed by atoms with Crippen LogP contribution in [0.2, 0.25) is 0 Å². The predicted octanol–water partition coefficient (Wildman–Crippen LogP) is 1.90. The van der Waals surface area contributed by atoms with E-state index in [9.17, 15) is 9.18 Å². The number of thiazole rings is 1. The molecule has 1 N–H and O–H groups in total. The summed E-state index contributed by atoms with van der Waals surface area (Å²) in [4.78, 5) is 17.7. The van der Waals surface area contributed by atoms with E-state index in [2.05, 4.69) is 16.8 Å². The third kappa shape index (κ3) is 3.88. The lowest BCUT2D eigenvalue weighted by Gasteiger charge is -2.16. The minimum absolute atomic E-state index is 0.0118. The van der Waals surface area contributed by atoms with Gasteiger partial charge >= 0.3 is 0 Å². The average Bonchev–Trinajstić information content (AvgIpc) is 2.97. The van der Waals surface area contributed by atoms with E-state index < -0.39 is 11.7 Å². The number of halogens is 1. The number of aliphatic hydroxyl groups excluding tert-OH is 1. The highest BCUT2D eigenvalue weighted by Gasteiger charge is 2.17. The predicted molar refractivity (Wildman–Crippen MR) is 78.3 cm³/mol. The van der Waals surface area contributed by atoms with Gasteiger partial charge in [0.2, 0.25) is 0 Å². The number of hydrogen-bond donors (Lipinski definition) is 1. The monoisotopic (exact) mass is 304 g/mol. The van der Waals surface area contributed by atoms with Crippen LogP contribution in [-0.2, 0) is 6.54 Å². The molecule has 0 aliphatic rings. The molecule has 6 heteroatoms. The second-order valence-electron chi connectivity index (χ2n) is 4.30. The number of rotatable bonds is 3. The van der Waals surface area contributed by atoms with Crippen molar-refractivity contribution in [2.45, 2.75) is 6.54 Å². The number of nitrogens with zero attached hydrogens (tertiary/aromatic N) is 2. The van der Waals surface area contributed by atoms with Crippen molar-refractivity contribution >= 4 is 17.2 Å². The molecule has 0 fully saturated rings. The molecule has 1 amide bonds. The molecule has 0 radical (unpaired) electrons. The molecule has 0 saturated carbocycles. The smallest absolute Gasteiger partial charge is 0.256 e. The molecule has 0 spiro atoms. The van der Waals surface area contributed by atoms with E-state index in [4.69, 9.17) is 5.11 Å². The molecule has 2 rings (SSSR count). The highest BCUT2D eigenvalue weighted by atomic mass is 32.1. The van der Waals surface area contributed by atoms with Crippen molar-refractivity contribution in [1.82, 2.24) is 9.88 Å². The third-order valence-electron chi connectivity index (χ3n) is 2.74. The van der Waals surface area contributed by atoms with Crippen molar-refractivity contribution in [3.63, 3.8) is 0 Å². The first kappa shape index (κ1) is 15.2. The zero-order valence-corrected chi connectivity index (χ0v) is 12.2. The lowest BCUT2D eigenvalue weighted by molar-refractivity contribution is 0.0779. The first-order chi connectivity index (χ1) is 10.1. The van der Waals surface area contributed by atoms with Gasteiger partial charge in [0.05, 0.1) is 23.3 Å². The number of benzene rings is 1. The Morgan fingerprint density at radius 3 is 2.95 bits per heavy atom. The van der Waals surface area contributed by atoms with Gasteiger partial charge in [-0.3, -0.25) is 4.79 Å². The van der Waals surface area contributed by atoms with E-state index >= 15 is 0 Å². The van der Waals surface area contributed by atoms with Crippen molar-refractivity contribution in [2.75, 3.05) is 13.7 Å². The van der Waals surface area contributed by atoms with Crippen molar-refractivity contribution in [2.24, 2.45) is 0 Å². The van der Waals surface area contributed by atoms with Gasteiger partial charge in [-0.05, 0) is 18.2 Å². The van der Waals surface area contributed by atoms with E-state index in [0.717, 1.165) is 5.69 Å². The lowest BCUT2D eigenvalue weighted by Crippen LogP contribution is -2.27. The largest absolute Gasteiger partial charge is 0.384 e. The van der Waals surface area contributed by atoms with Crippen molar-refractivity contribution in [3.05, 3.63) is 51.7 Å². The van der Waals surface area contributed by atoms with E-state index in [1.165, 1.54) is 28.4 Å². The van der Waals surface area contributed by atoms with Gasteiger partial charge in [-0.2, -0.15) is 0 Å². The second-order valence-corrected chi connectivity index (χ2v) is 5.01. The maximum atomic E-state index is 14.0. The normalized spacial score (nSPS) is 9.86. The number of carbonyl (C=O) groups is 1. The summed E-state index contributed by atoms with van der Waals surface area (Å²) in [5.41, 5.74) is 2.85. The zero-order chi connectivity index (χ0) is 15.2. The Morgan fingerprint density at radius 1 is 1.52 bits per heavy atom. The number of aromatic nitrogens is 1. The highest BCUT2D eigenvalue weighted by molar-refractivity contribution is 7.07. The fourth-order valence-electron chi connectivity index (χ4n) is 1.74. The zero-order valence-electron chi connectivity index (χ0n) is 11.3. The molecular formula is C15H13FN2O2S. The fraction of sp³-hybridized carbons (Fsp3) is 0.200. The summed E-state index contributed by atoms with van der Waals surface area (Å²) < 4.78 is 14.0. The molecule has 0 atom stereocenters. The number of amides is 1. The van der Waals surface area contributed by atoms with Gasteiger partial charge in [0.1, 0.15) is 12.4 Å². The molecule has 0 aliphatic carbocycles. The standard InChI is InChI=1S/C15H13FN2O2S/c1-18(8-12-9-21-10-17-12)15(20)13-5-4-11(3-2-6-19)7-14(13)16/h4-5,7,9-10,19H,6,8H2,1H3. The quantitative estimate of drug-likeness (QED) is 0.881. The van der Waals surface area contributed by atoms with Crippen LogP contribution in [0.5, 0.6) is 0 Å². The molecule has 0 saturated heterocycles. The molecule has 1 heterocycles. The van der Waals surface area contributed by atoms with Crippen LogP contribution >= 0.6 is 11.3 Å². The van der Waals surface area contributed by atoms with Crippen molar-refractivity contribution < 1.29 is 14.3 Å². The minimum Gasteiger partial charge on any atom is -0.384 e. The first-order valence-corrected chi connectivity index (χ1v) is 7.08. The van der Waals surface area contributed by atoms with E-state index in [-0.39, 0.29) is 12.2 Å².